The Hall–Kier alpha value is -3.40. The maximum atomic E-state index is 15.0. The third-order valence-electron chi connectivity index (χ3n) is 5.87. The molecule has 2 aliphatic heterocycles. The number of carbonyl (C=O) groups excluding carboxylic acids is 2. The van der Waals surface area contributed by atoms with Crippen LogP contribution in [0, 0.1) is 5.82 Å². The summed E-state index contributed by atoms with van der Waals surface area (Å²) < 4.78 is 21.5. The van der Waals surface area contributed by atoms with E-state index in [0.717, 1.165) is 28.4 Å². The molecule has 3 aromatic rings. The number of para-hydroxylation sites is 1. The van der Waals surface area contributed by atoms with Crippen molar-refractivity contribution in [3.05, 3.63) is 48.3 Å². The molecule has 2 aromatic carbocycles. The second-order valence-corrected chi connectivity index (χ2v) is 9.14. The molecule has 2 aliphatic rings. The molecule has 0 spiro atoms. The van der Waals surface area contributed by atoms with E-state index in [9.17, 15) is 9.59 Å². The third-order valence-corrected chi connectivity index (χ3v) is 6.97. The second-order valence-electron chi connectivity index (χ2n) is 8.13. The Kier molecular flexibility index (Phi) is 5.76. The number of carbonyl (C=O) groups is 2. The van der Waals surface area contributed by atoms with Crippen molar-refractivity contribution in [1.29, 1.82) is 0 Å². The van der Waals surface area contributed by atoms with Gasteiger partial charge in [-0.1, -0.05) is 23.5 Å². The lowest BCUT2D eigenvalue weighted by molar-refractivity contribution is -0.119. The lowest BCUT2D eigenvalue weighted by Gasteiger charge is -2.36. The Labute approximate surface area is 194 Å². The van der Waals surface area contributed by atoms with Crippen molar-refractivity contribution in [2.24, 2.45) is 0 Å². The van der Waals surface area contributed by atoms with E-state index in [0.29, 0.717) is 24.5 Å². The van der Waals surface area contributed by atoms with Crippen molar-refractivity contribution >= 4 is 50.1 Å². The molecule has 1 aromatic heterocycles. The lowest BCUT2D eigenvalue weighted by atomic mass is 10.2. The van der Waals surface area contributed by atoms with Gasteiger partial charge in [-0.25, -0.2) is 14.2 Å². The maximum absolute atomic E-state index is 15.0. The summed E-state index contributed by atoms with van der Waals surface area (Å²) in [5.74, 6) is -0.567. The number of anilines is 3. The number of nitrogens with one attached hydrogen (secondary N) is 1. The first-order chi connectivity index (χ1) is 16.0. The van der Waals surface area contributed by atoms with Gasteiger partial charge in [-0.05, 0) is 30.3 Å². The Morgan fingerprint density at radius 3 is 2.67 bits per heavy atom. The predicted octanol–water partition coefficient (Wildman–Crippen LogP) is 3.22. The van der Waals surface area contributed by atoms with Gasteiger partial charge in [0.25, 0.3) is 0 Å². The molecule has 3 heterocycles. The van der Waals surface area contributed by atoms with Gasteiger partial charge in [-0.15, -0.1) is 0 Å². The zero-order chi connectivity index (χ0) is 22.9. The molecule has 1 N–H and O–H groups in total. The van der Waals surface area contributed by atoms with Crippen LogP contribution in [-0.2, 0) is 9.53 Å². The summed E-state index contributed by atoms with van der Waals surface area (Å²) >= 11 is 1.68. The zero-order valence-corrected chi connectivity index (χ0v) is 19.0. The highest BCUT2D eigenvalue weighted by Crippen LogP contribution is 2.31. The Balaban J connectivity index is 1.23. The number of rotatable bonds is 5. The molecule has 0 bridgehead atoms. The molecular formula is C23H24FN5O3S. The first-order valence-electron chi connectivity index (χ1n) is 10.9. The number of fused-ring (bicyclic) bond motifs is 1. The summed E-state index contributed by atoms with van der Waals surface area (Å²) in [6.45, 7) is 4.76. The average Bonchev–Trinajstić information content (AvgIpc) is 3.41. The number of piperazine rings is 1. The van der Waals surface area contributed by atoms with Crippen LogP contribution in [-0.4, -0.2) is 62.4 Å². The molecule has 0 aliphatic carbocycles. The molecule has 10 heteroatoms. The van der Waals surface area contributed by atoms with Gasteiger partial charge in [0.15, 0.2) is 5.13 Å². The number of thiazole rings is 1. The van der Waals surface area contributed by atoms with Crippen LogP contribution in [0.5, 0.6) is 0 Å². The quantitative estimate of drug-likeness (QED) is 0.618. The van der Waals surface area contributed by atoms with Crippen molar-refractivity contribution in [1.82, 2.24) is 10.3 Å². The minimum Gasteiger partial charge on any atom is -0.442 e. The average molecular weight is 470 g/mol. The largest absolute Gasteiger partial charge is 0.442 e. The molecule has 5 rings (SSSR count). The minimum absolute atomic E-state index is 0.192. The summed E-state index contributed by atoms with van der Waals surface area (Å²) in [5.41, 5.74) is 1.96. The smallest absolute Gasteiger partial charge is 0.414 e. The van der Waals surface area contributed by atoms with Crippen molar-refractivity contribution in [3.63, 3.8) is 0 Å². The van der Waals surface area contributed by atoms with E-state index in [2.05, 4.69) is 16.3 Å². The Morgan fingerprint density at radius 1 is 1.18 bits per heavy atom. The van der Waals surface area contributed by atoms with Gasteiger partial charge in [-0.2, -0.15) is 0 Å². The fraction of sp³-hybridized carbons (Fsp3) is 0.348. The third kappa shape index (κ3) is 4.43. The molecular weight excluding hydrogens is 445 g/mol. The number of hydrogen-bond acceptors (Lipinski definition) is 7. The van der Waals surface area contributed by atoms with E-state index >= 15 is 4.39 Å². The van der Waals surface area contributed by atoms with Gasteiger partial charge >= 0.3 is 6.09 Å². The zero-order valence-electron chi connectivity index (χ0n) is 18.2. The van der Waals surface area contributed by atoms with E-state index in [-0.39, 0.29) is 24.8 Å². The van der Waals surface area contributed by atoms with Crippen molar-refractivity contribution in [3.8, 4) is 0 Å². The number of amides is 2. The van der Waals surface area contributed by atoms with Gasteiger partial charge in [0.1, 0.15) is 11.9 Å². The number of halogens is 1. The number of cyclic esters (lactones) is 1. The number of aromatic nitrogens is 1. The topological polar surface area (TPSA) is 78.0 Å². The highest BCUT2D eigenvalue weighted by molar-refractivity contribution is 7.22. The highest BCUT2D eigenvalue weighted by atomic mass is 32.1. The SMILES string of the molecule is CC(=O)NC[C@H]1CN(c2ccc(N3CCN(c4nc5ccccc5s4)CC3)c(F)c2)C(=O)O1. The van der Waals surface area contributed by atoms with E-state index < -0.39 is 12.2 Å². The number of nitrogens with zero attached hydrogens (tertiary/aromatic N) is 4. The number of benzene rings is 2. The van der Waals surface area contributed by atoms with Gasteiger partial charge in [0, 0.05) is 33.1 Å². The van der Waals surface area contributed by atoms with Crippen LogP contribution in [0.1, 0.15) is 6.92 Å². The monoisotopic (exact) mass is 469 g/mol. The molecule has 0 saturated carbocycles. The molecule has 0 radical (unpaired) electrons. The number of ether oxygens (including phenoxy) is 1. The Morgan fingerprint density at radius 2 is 1.94 bits per heavy atom. The summed E-state index contributed by atoms with van der Waals surface area (Å²) in [7, 11) is 0. The normalized spacial score (nSPS) is 18.7. The van der Waals surface area contributed by atoms with Gasteiger partial charge in [-0.3, -0.25) is 9.69 Å². The van der Waals surface area contributed by atoms with Crippen LogP contribution in [0.2, 0.25) is 0 Å². The molecule has 8 nitrogen and oxygen atoms in total. The van der Waals surface area contributed by atoms with Crippen LogP contribution in [0.15, 0.2) is 42.5 Å². The molecule has 33 heavy (non-hydrogen) atoms. The maximum Gasteiger partial charge on any atom is 0.414 e. The van der Waals surface area contributed by atoms with Crippen molar-refractivity contribution < 1.29 is 18.7 Å². The van der Waals surface area contributed by atoms with Gasteiger partial charge in [0.05, 0.1) is 34.7 Å². The van der Waals surface area contributed by atoms with E-state index in [1.54, 1.807) is 23.5 Å². The summed E-state index contributed by atoms with van der Waals surface area (Å²) in [6, 6.07) is 12.9. The predicted molar refractivity (Wildman–Crippen MR) is 127 cm³/mol. The standard InChI is InChI=1S/C23H24FN5O3S/c1-15(30)25-13-17-14-29(23(31)32-17)16-6-7-20(18(24)12-16)27-8-10-28(11-9-27)22-26-19-4-2-3-5-21(19)33-22/h2-7,12,17H,8-11,13-14H2,1H3,(H,25,30)/t17-/m0/s1. The van der Waals surface area contributed by atoms with E-state index in [1.165, 1.54) is 17.9 Å². The van der Waals surface area contributed by atoms with E-state index in [4.69, 9.17) is 9.72 Å². The van der Waals surface area contributed by atoms with Crippen LogP contribution in [0.3, 0.4) is 0 Å². The second kappa shape index (κ2) is 8.86. The molecule has 0 unspecified atom stereocenters. The summed E-state index contributed by atoms with van der Waals surface area (Å²) in [6.07, 6.45) is -0.998. The van der Waals surface area contributed by atoms with Crippen LogP contribution < -0.4 is 20.0 Å². The van der Waals surface area contributed by atoms with Gasteiger partial charge in [0.2, 0.25) is 5.91 Å². The Bertz CT molecular complexity index is 1160. The summed E-state index contributed by atoms with van der Waals surface area (Å²) in [5, 5.41) is 3.63. The summed E-state index contributed by atoms with van der Waals surface area (Å²) in [4.78, 5) is 33.7. The van der Waals surface area contributed by atoms with E-state index in [1.807, 2.05) is 23.1 Å². The number of hydrogen-bond donors (Lipinski definition) is 1. The van der Waals surface area contributed by atoms with Crippen LogP contribution in [0.25, 0.3) is 10.2 Å². The molecule has 1 atom stereocenters. The fourth-order valence-corrected chi connectivity index (χ4v) is 5.17. The molecule has 2 fully saturated rings. The molecule has 2 amide bonds. The minimum atomic E-state index is -0.540. The van der Waals surface area contributed by atoms with Crippen LogP contribution >= 0.6 is 11.3 Å². The highest BCUT2D eigenvalue weighted by Gasteiger charge is 2.33. The van der Waals surface area contributed by atoms with Crippen molar-refractivity contribution in [2.45, 2.75) is 13.0 Å². The molecule has 172 valence electrons. The molecule has 2 saturated heterocycles. The fourth-order valence-electron chi connectivity index (χ4n) is 4.15. The van der Waals surface area contributed by atoms with Crippen molar-refractivity contribution in [2.75, 3.05) is 54.0 Å². The van der Waals surface area contributed by atoms with Crippen LogP contribution in [0.4, 0.5) is 25.7 Å². The first kappa shape index (κ1) is 21.4. The van der Waals surface area contributed by atoms with Gasteiger partial charge < -0.3 is 19.9 Å². The first-order valence-corrected chi connectivity index (χ1v) is 11.7. The lowest BCUT2D eigenvalue weighted by Crippen LogP contribution is -2.46.